The highest BCUT2D eigenvalue weighted by molar-refractivity contribution is 8.01. The van der Waals surface area contributed by atoms with Crippen LogP contribution in [-0.4, -0.2) is 31.6 Å². The number of aliphatic hydroxyl groups excluding tert-OH is 1. The molecule has 198 valence electrons. The van der Waals surface area contributed by atoms with E-state index in [4.69, 9.17) is 49.3 Å². The Hall–Kier alpha value is -1.88. The van der Waals surface area contributed by atoms with Crippen LogP contribution < -0.4 is 5.32 Å². The third-order valence-corrected chi connectivity index (χ3v) is 8.78. The van der Waals surface area contributed by atoms with E-state index in [1.54, 1.807) is 41.3 Å². The number of carbonyl (C=O) groups is 1. The van der Waals surface area contributed by atoms with Crippen LogP contribution in [0, 0.1) is 0 Å². The molecule has 6 nitrogen and oxygen atoms in total. The number of thioether (sulfide) groups is 1. The molecule has 1 fully saturated rings. The Morgan fingerprint density at radius 1 is 1.05 bits per heavy atom. The maximum absolute atomic E-state index is 12.2. The van der Waals surface area contributed by atoms with Crippen LogP contribution >= 0.6 is 57.9 Å². The second-order valence-corrected chi connectivity index (χ2v) is 13.3. The average molecular weight is 610 g/mol. The summed E-state index contributed by atoms with van der Waals surface area (Å²) in [6, 6.07) is 22.9. The first-order chi connectivity index (χ1) is 18.3. The number of amides is 1. The van der Waals surface area contributed by atoms with Gasteiger partial charge in [0.1, 0.15) is 0 Å². The molecule has 1 aromatic heterocycles. The van der Waals surface area contributed by atoms with Crippen LogP contribution in [0.4, 0.5) is 5.69 Å². The van der Waals surface area contributed by atoms with Gasteiger partial charge in [0.05, 0.1) is 29.0 Å². The fourth-order valence-corrected chi connectivity index (χ4v) is 6.32. The van der Waals surface area contributed by atoms with Gasteiger partial charge in [-0.25, -0.2) is 4.98 Å². The van der Waals surface area contributed by atoms with E-state index < -0.39 is 16.0 Å². The number of nitrogens with one attached hydrogen (secondary N) is 1. The minimum Gasteiger partial charge on any atom is -0.392 e. The molecule has 3 atom stereocenters. The minimum absolute atomic E-state index is 0.0221. The standard InChI is InChI=1S/C27H23Cl3N2O4S2/c28-27(29,30)25(34)31-19-5-3-4-18(12-19)24-35-20(13-22(36-24)17-10-8-16(14-33)9-11-17)15-37-26-32-21-6-1-2-7-23(21)38-26/h1-12,20,22,24,33H,13-15H2,(H,31,34)/t20-,22+,24+/m0/s1. The maximum Gasteiger partial charge on any atom is 0.276 e. The molecule has 1 aliphatic rings. The number of hydrogen-bond acceptors (Lipinski definition) is 7. The summed E-state index contributed by atoms with van der Waals surface area (Å²) in [7, 11) is 0. The molecule has 1 amide bonds. The Morgan fingerprint density at radius 2 is 1.84 bits per heavy atom. The lowest BCUT2D eigenvalue weighted by Gasteiger charge is -2.36. The Balaban J connectivity index is 1.36. The number of benzene rings is 3. The number of thiazole rings is 1. The van der Waals surface area contributed by atoms with Crippen molar-refractivity contribution < 1.29 is 19.4 Å². The van der Waals surface area contributed by atoms with Gasteiger partial charge in [-0.1, -0.05) is 95.1 Å². The minimum atomic E-state index is -2.08. The van der Waals surface area contributed by atoms with Crippen molar-refractivity contribution in [3.05, 3.63) is 89.5 Å². The first kappa shape index (κ1) is 27.7. The van der Waals surface area contributed by atoms with Gasteiger partial charge in [0.15, 0.2) is 10.6 Å². The van der Waals surface area contributed by atoms with Crippen molar-refractivity contribution in [2.75, 3.05) is 11.1 Å². The molecule has 3 aromatic carbocycles. The van der Waals surface area contributed by atoms with Gasteiger partial charge in [-0.3, -0.25) is 4.79 Å². The van der Waals surface area contributed by atoms with E-state index >= 15 is 0 Å². The van der Waals surface area contributed by atoms with E-state index in [1.165, 1.54) is 0 Å². The molecule has 4 aromatic rings. The molecular formula is C27H23Cl3N2O4S2. The van der Waals surface area contributed by atoms with Crippen LogP contribution in [0.15, 0.2) is 77.1 Å². The fraction of sp³-hybridized carbons (Fsp3) is 0.259. The molecule has 1 aliphatic heterocycles. The summed E-state index contributed by atoms with van der Waals surface area (Å²) in [4.78, 5) is 16.9. The Labute approximate surface area is 243 Å². The Morgan fingerprint density at radius 3 is 2.58 bits per heavy atom. The van der Waals surface area contributed by atoms with Gasteiger partial charge in [-0.05, 0) is 35.4 Å². The summed E-state index contributed by atoms with van der Waals surface area (Å²) in [6.45, 7) is -0.0221. The number of aromatic nitrogens is 1. The number of ether oxygens (including phenoxy) is 2. The zero-order valence-electron chi connectivity index (χ0n) is 19.9. The first-order valence-electron chi connectivity index (χ1n) is 11.8. The number of carbonyl (C=O) groups excluding carboxylic acids is 1. The van der Waals surface area contributed by atoms with Gasteiger partial charge in [-0.2, -0.15) is 0 Å². The highest BCUT2D eigenvalue weighted by Crippen LogP contribution is 2.41. The van der Waals surface area contributed by atoms with E-state index in [0.717, 1.165) is 31.2 Å². The highest BCUT2D eigenvalue weighted by Gasteiger charge is 2.33. The molecule has 0 spiro atoms. The number of nitrogens with zero attached hydrogens (tertiary/aromatic N) is 1. The predicted octanol–water partition coefficient (Wildman–Crippen LogP) is 7.44. The quantitative estimate of drug-likeness (QED) is 0.168. The molecule has 0 unspecified atom stereocenters. The SMILES string of the molecule is O=C(Nc1cccc([C@@H]2O[C@H](CSc3nc4ccccc4s3)C[C@H](c3ccc(CO)cc3)O2)c1)C(Cl)(Cl)Cl. The van der Waals surface area contributed by atoms with Crippen molar-refractivity contribution in [2.24, 2.45) is 0 Å². The van der Waals surface area contributed by atoms with Crippen LogP contribution in [0.1, 0.15) is 35.5 Å². The highest BCUT2D eigenvalue weighted by atomic mass is 35.6. The normalized spacial score (nSPS) is 19.9. The molecule has 0 radical (unpaired) electrons. The zero-order chi connectivity index (χ0) is 26.7. The summed E-state index contributed by atoms with van der Waals surface area (Å²) in [5.74, 6) is -0.0636. The number of para-hydroxylation sites is 1. The summed E-state index contributed by atoms with van der Waals surface area (Å²) in [5.41, 5.74) is 3.99. The van der Waals surface area contributed by atoms with Crippen LogP contribution in [0.2, 0.25) is 0 Å². The third-order valence-electron chi connectivity index (χ3n) is 5.96. The van der Waals surface area contributed by atoms with Crippen LogP contribution in [0.3, 0.4) is 0 Å². The number of halogens is 3. The fourth-order valence-electron chi connectivity index (χ4n) is 4.06. The first-order valence-corrected chi connectivity index (χ1v) is 14.7. The maximum atomic E-state index is 12.2. The van der Waals surface area contributed by atoms with Crippen molar-refractivity contribution >= 4 is 79.7 Å². The van der Waals surface area contributed by atoms with Crippen LogP contribution in [0.25, 0.3) is 10.2 Å². The van der Waals surface area contributed by atoms with Crippen molar-refractivity contribution in [2.45, 2.75) is 39.7 Å². The molecule has 0 bridgehead atoms. The molecule has 5 rings (SSSR count). The molecule has 0 aliphatic carbocycles. The second kappa shape index (κ2) is 12.1. The predicted molar refractivity (Wildman–Crippen MR) is 154 cm³/mol. The lowest BCUT2D eigenvalue weighted by Crippen LogP contribution is -2.31. The van der Waals surface area contributed by atoms with Crippen molar-refractivity contribution in [1.29, 1.82) is 0 Å². The molecular weight excluding hydrogens is 587 g/mol. The number of hydrogen-bond donors (Lipinski definition) is 2. The van der Waals surface area contributed by atoms with Crippen LogP contribution in [0.5, 0.6) is 0 Å². The third kappa shape index (κ3) is 6.81. The zero-order valence-corrected chi connectivity index (χ0v) is 23.8. The van der Waals surface area contributed by atoms with E-state index in [0.29, 0.717) is 17.9 Å². The topological polar surface area (TPSA) is 80.7 Å². The summed E-state index contributed by atoms with van der Waals surface area (Å²) < 4.78 is 12.8. The number of alkyl halides is 3. The van der Waals surface area contributed by atoms with Gasteiger partial charge in [-0.15, -0.1) is 11.3 Å². The van der Waals surface area contributed by atoms with Crippen LogP contribution in [-0.2, 0) is 20.9 Å². The second-order valence-electron chi connectivity index (χ2n) is 8.69. The average Bonchev–Trinajstić information content (AvgIpc) is 3.34. The van der Waals surface area contributed by atoms with Gasteiger partial charge in [0, 0.05) is 23.4 Å². The molecule has 2 heterocycles. The van der Waals surface area contributed by atoms with E-state index in [2.05, 4.69) is 11.4 Å². The molecule has 11 heteroatoms. The lowest BCUT2D eigenvalue weighted by molar-refractivity contribution is -0.245. The number of aliphatic hydroxyl groups is 1. The summed E-state index contributed by atoms with van der Waals surface area (Å²) >= 11 is 20.4. The largest absolute Gasteiger partial charge is 0.392 e. The summed E-state index contributed by atoms with van der Waals surface area (Å²) in [5, 5.41) is 12.0. The molecule has 38 heavy (non-hydrogen) atoms. The molecule has 0 saturated carbocycles. The summed E-state index contributed by atoms with van der Waals surface area (Å²) in [6.07, 6.45) is -0.400. The van der Waals surface area contributed by atoms with E-state index in [-0.39, 0.29) is 18.8 Å². The van der Waals surface area contributed by atoms with Gasteiger partial charge < -0.3 is 19.9 Å². The van der Waals surface area contributed by atoms with Crippen molar-refractivity contribution in [1.82, 2.24) is 4.98 Å². The van der Waals surface area contributed by atoms with E-state index in [1.807, 2.05) is 48.5 Å². The lowest BCUT2D eigenvalue weighted by atomic mass is 10.0. The Bertz CT molecular complexity index is 1380. The van der Waals surface area contributed by atoms with Gasteiger partial charge >= 0.3 is 0 Å². The number of anilines is 1. The van der Waals surface area contributed by atoms with E-state index in [9.17, 15) is 9.90 Å². The van der Waals surface area contributed by atoms with Gasteiger partial charge in [0.25, 0.3) is 9.70 Å². The molecule has 2 N–H and O–H groups in total. The van der Waals surface area contributed by atoms with Crippen molar-refractivity contribution in [3.63, 3.8) is 0 Å². The van der Waals surface area contributed by atoms with Gasteiger partial charge in [0.2, 0.25) is 0 Å². The number of fused-ring (bicyclic) bond motifs is 1. The smallest absolute Gasteiger partial charge is 0.276 e. The van der Waals surface area contributed by atoms with Crippen molar-refractivity contribution in [3.8, 4) is 0 Å². The Kier molecular flexibility index (Phi) is 8.82. The monoisotopic (exact) mass is 608 g/mol. The number of rotatable bonds is 7. The molecule has 1 saturated heterocycles.